The van der Waals surface area contributed by atoms with Gasteiger partial charge in [-0.1, -0.05) is 12.1 Å². The molecule has 0 saturated heterocycles. The number of fused-ring (bicyclic) bond motifs is 2. The van der Waals surface area contributed by atoms with Gasteiger partial charge in [0.1, 0.15) is 32.2 Å². The third kappa shape index (κ3) is 4.36. The summed E-state index contributed by atoms with van der Waals surface area (Å²) >= 11 is 0. The standard InChI is InChI=1S/C21H22N4O5/c1-28-13-21(27)22-11-19-24-15-4-2-3-5-16(15)25(19)12-20(26)23-14-6-7-17-18(10-14)30-9-8-29-17/h2-7,10H,8-9,11-13H2,1H3,(H,22,27)(H,23,26). The molecule has 0 saturated carbocycles. The summed E-state index contributed by atoms with van der Waals surface area (Å²) in [6.45, 7) is 1.18. The zero-order valence-corrected chi connectivity index (χ0v) is 16.5. The number of nitrogens with zero attached hydrogens (tertiary/aromatic N) is 2. The third-order valence-corrected chi connectivity index (χ3v) is 4.58. The van der Waals surface area contributed by atoms with Crippen LogP contribution < -0.4 is 20.1 Å². The lowest BCUT2D eigenvalue weighted by molar-refractivity contribution is -0.124. The Labute approximate surface area is 172 Å². The van der Waals surface area contributed by atoms with Gasteiger partial charge in [-0.15, -0.1) is 0 Å². The maximum Gasteiger partial charge on any atom is 0.246 e. The Kier molecular flexibility index (Phi) is 5.80. The number of carbonyl (C=O) groups is 2. The molecule has 0 atom stereocenters. The molecule has 2 N–H and O–H groups in total. The van der Waals surface area contributed by atoms with E-state index in [1.54, 1.807) is 22.8 Å². The number of imidazole rings is 1. The third-order valence-electron chi connectivity index (χ3n) is 4.58. The molecule has 1 aliphatic heterocycles. The maximum atomic E-state index is 12.7. The number of methoxy groups -OCH3 is 1. The number of para-hydroxylation sites is 2. The van der Waals surface area contributed by atoms with Crippen molar-refractivity contribution in [2.75, 3.05) is 32.2 Å². The Morgan fingerprint density at radius 1 is 1.10 bits per heavy atom. The molecular formula is C21H22N4O5. The lowest BCUT2D eigenvalue weighted by atomic mass is 10.2. The number of amides is 2. The first-order valence-corrected chi connectivity index (χ1v) is 9.53. The maximum absolute atomic E-state index is 12.7. The SMILES string of the molecule is COCC(=O)NCc1nc2ccccc2n1CC(=O)Nc1ccc2c(c1)OCCO2. The minimum atomic E-state index is -0.253. The van der Waals surface area contributed by atoms with Crippen molar-refractivity contribution in [1.82, 2.24) is 14.9 Å². The highest BCUT2D eigenvalue weighted by Crippen LogP contribution is 2.32. The highest BCUT2D eigenvalue weighted by molar-refractivity contribution is 5.92. The zero-order chi connectivity index (χ0) is 20.9. The van der Waals surface area contributed by atoms with E-state index in [-0.39, 0.29) is 31.5 Å². The summed E-state index contributed by atoms with van der Waals surface area (Å²) < 4.78 is 17.7. The van der Waals surface area contributed by atoms with Crippen LogP contribution in [0.5, 0.6) is 11.5 Å². The second kappa shape index (κ2) is 8.83. The van der Waals surface area contributed by atoms with E-state index in [0.29, 0.717) is 36.2 Å². The van der Waals surface area contributed by atoms with E-state index in [2.05, 4.69) is 15.6 Å². The number of aromatic nitrogens is 2. The molecule has 0 bridgehead atoms. The van der Waals surface area contributed by atoms with Crippen LogP contribution in [0.4, 0.5) is 5.69 Å². The van der Waals surface area contributed by atoms with Crippen molar-refractivity contribution in [2.24, 2.45) is 0 Å². The van der Waals surface area contributed by atoms with Gasteiger partial charge in [-0.25, -0.2) is 4.98 Å². The Morgan fingerprint density at radius 3 is 2.73 bits per heavy atom. The van der Waals surface area contributed by atoms with Crippen LogP contribution in [0, 0.1) is 0 Å². The molecule has 1 aromatic heterocycles. The van der Waals surface area contributed by atoms with Crippen molar-refractivity contribution in [3.8, 4) is 11.5 Å². The van der Waals surface area contributed by atoms with Gasteiger partial charge in [-0.3, -0.25) is 9.59 Å². The highest BCUT2D eigenvalue weighted by atomic mass is 16.6. The molecule has 1 aliphatic rings. The average molecular weight is 410 g/mol. The molecule has 0 spiro atoms. The van der Waals surface area contributed by atoms with E-state index in [4.69, 9.17) is 14.2 Å². The Balaban J connectivity index is 1.51. The molecule has 156 valence electrons. The number of rotatable bonds is 7. The molecule has 4 rings (SSSR count). The van der Waals surface area contributed by atoms with Crippen LogP contribution in [0.3, 0.4) is 0 Å². The number of hydrogen-bond acceptors (Lipinski definition) is 6. The predicted octanol–water partition coefficient (Wildman–Crippen LogP) is 1.71. The minimum absolute atomic E-state index is 0.0369. The minimum Gasteiger partial charge on any atom is -0.486 e. The van der Waals surface area contributed by atoms with E-state index in [9.17, 15) is 9.59 Å². The smallest absolute Gasteiger partial charge is 0.246 e. The van der Waals surface area contributed by atoms with Gasteiger partial charge in [0.25, 0.3) is 0 Å². The Hall–Kier alpha value is -3.59. The van der Waals surface area contributed by atoms with Crippen molar-refractivity contribution >= 4 is 28.5 Å². The monoisotopic (exact) mass is 410 g/mol. The van der Waals surface area contributed by atoms with E-state index in [1.165, 1.54) is 7.11 Å². The predicted molar refractivity (Wildman–Crippen MR) is 110 cm³/mol. The molecule has 9 heteroatoms. The first kappa shape index (κ1) is 19.7. The van der Waals surface area contributed by atoms with Crippen molar-refractivity contribution in [1.29, 1.82) is 0 Å². The van der Waals surface area contributed by atoms with Crippen molar-refractivity contribution in [3.05, 3.63) is 48.3 Å². The summed E-state index contributed by atoms with van der Waals surface area (Å²) in [5, 5.41) is 5.63. The lowest BCUT2D eigenvalue weighted by Crippen LogP contribution is -2.29. The first-order valence-electron chi connectivity index (χ1n) is 9.53. The fourth-order valence-electron chi connectivity index (χ4n) is 3.26. The van der Waals surface area contributed by atoms with Crippen LogP contribution in [-0.2, 0) is 27.4 Å². The first-order chi connectivity index (χ1) is 14.6. The number of ether oxygens (including phenoxy) is 3. The van der Waals surface area contributed by atoms with Crippen LogP contribution in [-0.4, -0.2) is 48.3 Å². The summed E-state index contributed by atoms with van der Waals surface area (Å²) in [6.07, 6.45) is 0. The van der Waals surface area contributed by atoms with E-state index in [1.807, 2.05) is 24.3 Å². The summed E-state index contributed by atoms with van der Waals surface area (Å²) in [5.41, 5.74) is 2.18. The summed E-state index contributed by atoms with van der Waals surface area (Å²) in [5.74, 6) is 1.37. The molecule has 2 heterocycles. The molecular weight excluding hydrogens is 388 g/mol. The number of carbonyl (C=O) groups excluding carboxylic acids is 2. The van der Waals surface area contributed by atoms with Crippen LogP contribution in [0.25, 0.3) is 11.0 Å². The Morgan fingerprint density at radius 2 is 1.90 bits per heavy atom. The molecule has 30 heavy (non-hydrogen) atoms. The molecule has 3 aromatic rings. The van der Waals surface area contributed by atoms with Crippen LogP contribution >= 0.6 is 0 Å². The molecule has 2 aromatic carbocycles. The van der Waals surface area contributed by atoms with Gasteiger partial charge in [0.2, 0.25) is 11.8 Å². The fraction of sp³-hybridized carbons (Fsp3) is 0.286. The molecule has 9 nitrogen and oxygen atoms in total. The van der Waals surface area contributed by atoms with E-state index in [0.717, 1.165) is 11.0 Å². The molecule has 0 fully saturated rings. The molecule has 0 radical (unpaired) electrons. The van der Waals surface area contributed by atoms with Gasteiger partial charge in [-0.2, -0.15) is 0 Å². The Bertz CT molecular complexity index is 1080. The fourth-order valence-corrected chi connectivity index (χ4v) is 3.26. The largest absolute Gasteiger partial charge is 0.486 e. The average Bonchev–Trinajstić information content (AvgIpc) is 3.10. The van der Waals surface area contributed by atoms with Crippen molar-refractivity contribution in [2.45, 2.75) is 13.1 Å². The number of benzene rings is 2. The van der Waals surface area contributed by atoms with Crippen LogP contribution in [0.1, 0.15) is 5.82 Å². The van der Waals surface area contributed by atoms with Gasteiger partial charge in [-0.05, 0) is 24.3 Å². The van der Waals surface area contributed by atoms with Crippen molar-refractivity contribution in [3.63, 3.8) is 0 Å². The number of hydrogen-bond donors (Lipinski definition) is 2. The van der Waals surface area contributed by atoms with Crippen LogP contribution in [0.15, 0.2) is 42.5 Å². The van der Waals surface area contributed by atoms with Gasteiger partial charge in [0.15, 0.2) is 11.5 Å². The van der Waals surface area contributed by atoms with Gasteiger partial charge in [0, 0.05) is 18.9 Å². The summed E-state index contributed by atoms with van der Waals surface area (Å²) in [4.78, 5) is 29.0. The van der Waals surface area contributed by atoms with Crippen molar-refractivity contribution < 1.29 is 23.8 Å². The molecule has 0 aliphatic carbocycles. The molecule has 2 amide bonds. The second-order valence-electron chi connectivity index (χ2n) is 6.72. The zero-order valence-electron chi connectivity index (χ0n) is 16.5. The van der Waals surface area contributed by atoms with E-state index >= 15 is 0 Å². The van der Waals surface area contributed by atoms with E-state index < -0.39 is 0 Å². The number of nitrogens with one attached hydrogen (secondary N) is 2. The molecule has 0 unspecified atom stereocenters. The topological polar surface area (TPSA) is 104 Å². The highest BCUT2D eigenvalue weighted by Gasteiger charge is 2.16. The quantitative estimate of drug-likeness (QED) is 0.615. The second-order valence-corrected chi connectivity index (χ2v) is 6.72. The number of anilines is 1. The summed E-state index contributed by atoms with van der Waals surface area (Å²) in [7, 11) is 1.46. The van der Waals surface area contributed by atoms with Gasteiger partial charge in [0.05, 0.1) is 17.6 Å². The van der Waals surface area contributed by atoms with Gasteiger partial charge < -0.3 is 29.4 Å². The van der Waals surface area contributed by atoms with Crippen LogP contribution in [0.2, 0.25) is 0 Å². The lowest BCUT2D eigenvalue weighted by Gasteiger charge is -2.19. The summed E-state index contributed by atoms with van der Waals surface area (Å²) in [6, 6.07) is 12.8. The van der Waals surface area contributed by atoms with Gasteiger partial charge >= 0.3 is 0 Å². The normalized spacial score (nSPS) is 12.6.